The Labute approximate surface area is 342 Å². The van der Waals surface area contributed by atoms with Crippen LogP contribution in [0.25, 0.3) is 6.08 Å². The Morgan fingerprint density at radius 2 is 1.69 bits per heavy atom. The molecule has 4 aliphatic rings. The second-order valence-corrected chi connectivity index (χ2v) is 16.9. The van der Waals surface area contributed by atoms with E-state index in [1.807, 2.05) is 24.3 Å². The summed E-state index contributed by atoms with van der Waals surface area (Å²) in [5.74, 6) is -2.77. The minimum absolute atomic E-state index is 0.0204. The molecule has 3 saturated heterocycles. The van der Waals surface area contributed by atoms with Crippen LogP contribution in [0, 0.1) is 5.41 Å². The van der Waals surface area contributed by atoms with Crippen molar-refractivity contribution in [3.05, 3.63) is 41.7 Å². The van der Waals surface area contributed by atoms with Crippen molar-refractivity contribution >= 4 is 29.8 Å². The second kappa shape index (κ2) is 20.6. The van der Waals surface area contributed by atoms with Crippen LogP contribution in [0.15, 0.2) is 30.5 Å². The van der Waals surface area contributed by atoms with Gasteiger partial charge in [-0.15, -0.1) is 0 Å². The molecule has 1 aliphatic carbocycles. The number of aliphatic hydroxyl groups excluding tert-OH is 2. The van der Waals surface area contributed by atoms with Gasteiger partial charge in [0.1, 0.15) is 42.0 Å². The molecule has 1 saturated carbocycles. The molecule has 58 heavy (non-hydrogen) atoms. The van der Waals surface area contributed by atoms with Gasteiger partial charge in [-0.25, -0.2) is 0 Å². The monoisotopic (exact) mass is 815 g/mol. The zero-order valence-corrected chi connectivity index (χ0v) is 34.9. The standard InChI is InChI=1S/C43H65N3O12/c1-6-8-10-20-42(21-11-9-7-2)56-35-32-26-43(40(52)44-22-18-33(49)45-31(28-48)16-17-34(50)55-41(3,4)5)37(39(51)54-32)46(58-38(43)36(35)57-42)27-30-14-12-29(13-15-30)19-24-53-25-23-47/h12-15,19,24,31-32,35-38,47-48H,6-11,16-18,20-23,25-28H2,1-5H3,(H,44,52)(H,45,49)/t31-,32+,35-,36-,37-,38+,43-/m0/s1. The SMILES string of the molecule is CCCCCC1(CCCCC)O[C@@H]2[C@H](O1)[C@H]1ON(Cc3ccc(C=COCCO)cc3)[C@H]3C(=O)O[C@@H]2C[C@@]13C(=O)NCCC(=O)N[C@H](CO)CCC(=O)OC(C)(C)C. The lowest BCUT2D eigenvalue weighted by Gasteiger charge is -2.48. The number of carbonyl (C=O) groups excluding carboxylic acids is 4. The van der Waals surface area contributed by atoms with Crippen LogP contribution in [0.2, 0.25) is 0 Å². The Morgan fingerprint density at radius 1 is 1.00 bits per heavy atom. The first-order chi connectivity index (χ1) is 27.8. The number of rotatable bonds is 23. The molecule has 15 heteroatoms. The minimum atomic E-state index is -1.41. The molecule has 0 aromatic heterocycles. The second-order valence-electron chi connectivity index (χ2n) is 16.9. The summed E-state index contributed by atoms with van der Waals surface area (Å²) in [5.41, 5.74) is -0.356. The third-order valence-electron chi connectivity index (χ3n) is 11.2. The van der Waals surface area contributed by atoms with Gasteiger partial charge in [-0.2, -0.15) is 5.06 Å². The van der Waals surface area contributed by atoms with Gasteiger partial charge in [0.2, 0.25) is 11.8 Å². The lowest BCUT2D eigenvalue weighted by molar-refractivity contribution is -0.224. The van der Waals surface area contributed by atoms with Crippen LogP contribution in [0.5, 0.6) is 0 Å². The Morgan fingerprint density at radius 3 is 2.33 bits per heavy atom. The highest BCUT2D eigenvalue weighted by Gasteiger charge is 2.76. The number of nitrogens with zero attached hydrogens (tertiary/aromatic N) is 1. The molecule has 0 radical (unpaired) electrons. The number of carbonyl (C=O) groups is 4. The van der Waals surface area contributed by atoms with Crippen LogP contribution in [0.1, 0.15) is 123 Å². The van der Waals surface area contributed by atoms with E-state index in [1.165, 1.54) is 6.26 Å². The molecule has 15 nitrogen and oxygen atoms in total. The van der Waals surface area contributed by atoms with E-state index in [0.717, 1.165) is 49.7 Å². The van der Waals surface area contributed by atoms with Crippen molar-refractivity contribution in [3.8, 4) is 0 Å². The first kappa shape index (κ1) is 45.5. The zero-order chi connectivity index (χ0) is 41.9. The van der Waals surface area contributed by atoms with E-state index in [1.54, 1.807) is 31.9 Å². The highest BCUT2D eigenvalue weighted by Crippen LogP contribution is 2.58. The molecule has 2 amide bonds. The summed E-state index contributed by atoms with van der Waals surface area (Å²) in [5, 5.41) is 26.1. The number of benzene rings is 1. The highest BCUT2D eigenvalue weighted by atomic mass is 16.8. The van der Waals surface area contributed by atoms with Gasteiger partial charge in [-0.1, -0.05) is 63.8 Å². The number of ether oxygens (including phenoxy) is 5. The van der Waals surface area contributed by atoms with Crippen molar-refractivity contribution < 1.29 is 57.9 Å². The lowest BCUT2D eigenvalue weighted by Crippen LogP contribution is -2.69. The van der Waals surface area contributed by atoms with E-state index in [9.17, 15) is 24.3 Å². The number of hydrogen-bond acceptors (Lipinski definition) is 13. The van der Waals surface area contributed by atoms with E-state index in [4.69, 9.17) is 33.6 Å². The maximum absolute atomic E-state index is 14.7. The fourth-order valence-electron chi connectivity index (χ4n) is 8.51. The average molecular weight is 816 g/mol. The topological polar surface area (TPSA) is 191 Å². The van der Waals surface area contributed by atoms with Crippen LogP contribution in [0.3, 0.4) is 0 Å². The van der Waals surface area contributed by atoms with Crippen LogP contribution in [0.4, 0.5) is 0 Å². The van der Waals surface area contributed by atoms with Crippen molar-refractivity contribution in [2.45, 2.75) is 166 Å². The molecular weight excluding hydrogens is 750 g/mol. The van der Waals surface area contributed by atoms with Crippen molar-refractivity contribution in [1.29, 1.82) is 0 Å². The molecule has 1 aromatic rings. The zero-order valence-electron chi connectivity index (χ0n) is 34.9. The molecule has 5 rings (SSSR count). The molecule has 4 fully saturated rings. The normalized spacial score (nSPS) is 26.5. The first-order valence-electron chi connectivity index (χ1n) is 21.2. The third kappa shape index (κ3) is 11.2. The average Bonchev–Trinajstić information content (AvgIpc) is 3.73. The third-order valence-corrected chi connectivity index (χ3v) is 11.2. The molecule has 3 heterocycles. The minimum Gasteiger partial charge on any atom is -0.499 e. The number of hydroxylamine groups is 2. The number of amides is 2. The predicted octanol–water partition coefficient (Wildman–Crippen LogP) is 4.21. The molecule has 7 atom stereocenters. The molecule has 4 N–H and O–H groups in total. The van der Waals surface area contributed by atoms with E-state index in [0.29, 0.717) is 12.8 Å². The van der Waals surface area contributed by atoms with Crippen LogP contribution < -0.4 is 10.6 Å². The lowest BCUT2D eigenvalue weighted by atomic mass is 9.62. The number of fused-ring (bicyclic) bond motifs is 4. The Bertz CT molecular complexity index is 1550. The van der Waals surface area contributed by atoms with Crippen LogP contribution >= 0.6 is 0 Å². The Hall–Kier alpha value is -3.60. The van der Waals surface area contributed by atoms with Crippen molar-refractivity contribution in [2.24, 2.45) is 5.41 Å². The van der Waals surface area contributed by atoms with Gasteiger partial charge in [0.05, 0.1) is 32.1 Å². The molecule has 0 unspecified atom stereocenters. The number of unbranched alkanes of at least 4 members (excludes halogenated alkanes) is 4. The predicted molar refractivity (Wildman–Crippen MR) is 212 cm³/mol. The summed E-state index contributed by atoms with van der Waals surface area (Å²) >= 11 is 0. The highest BCUT2D eigenvalue weighted by molar-refractivity contribution is 5.94. The van der Waals surface area contributed by atoms with Crippen molar-refractivity contribution in [2.75, 3.05) is 26.4 Å². The smallest absolute Gasteiger partial charge is 0.327 e. The Balaban J connectivity index is 1.34. The van der Waals surface area contributed by atoms with E-state index in [2.05, 4.69) is 24.5 Å². The summed E-state index contributed by atoms with van der Waals surface area (Å²) in [6.07, 6.45) is 7.84. The molecular formula is C43H65N3O12. The van der Waals surface area contributed by atoms with E-state index in [-0.39, 0.29) is 58.6 Å². The van der Waals surface area contributed by atoms with E-state index < -0.39 is 77.1 Å². The molecule has 324 valence electrons. The fraction of sp³-hybridized carbons (Fsp3) is 0.721. The number of aliphatic hydroxyl groups is 2. The van der Waals surface area contributed by atoms with Gasteiger partial charge in [-0.05, 0) is 57.2 Å². The van der Waals surface area contributed by atoms with Crippen LogP contribution in [-0.4, -0.2) is 113 Å². The summed E-state index contributed by atoms with van der Waals surface area (Å²) in [6, 6.07) is 5.82. The molecule has 3 aliphatic heterocycles. The van der Waals surface area contributed by atoms with Crippen molar-refractivity contribution in [1.82, 2.24) is 15.7 Å². The molecule has 1 aromatic carbocycles. The first-order valence-corrected chi connectivity index (χ1v) is 21.2. The maximum Gasteiger partial charge on any atom is 0.327 e. The largest absolute Gasteiger partial charge is 0.499 e. The van der Waals surface area contributed by atoms with Crippen molar-refractivity contribution in [3.63, 3.8) is 0 Å². The summed E-state index contributed by atoms with van der Waals surface area (Å²) in [4.78, 5) is 60.7. The number of esters is 2. The summed E-state index contributed by atoms with van der Waals surface area (Å²) in [6.45, 7) is 9.46. The maximum atomic E-state index is 14.7. The van der Waals surface area contributed by atoms with Gasteiger partial charge >= 0.3 is 11.9 Å². The number of hydrogen-bond donors (Lipinski definition) is 4. The fourth-order valence-corrected chi connectivity index (χ4v) is 8.51. The van der Waals surface area contributed by atoms with Gasteiger partial charge in [0.25, 0.3) is 0 Å². The Kier molecular flexibility index (Phi) is 16.1. The quantitative estimate of drug-likeness (QED) is 0.0699. The van der Waals surface area contributed by atoms with Gasteiger partial charge < -0.3 is 44.5 Å². The summed E-state index contributed by atoms with van der Waals surface area (Å²) < 4.78 is 30.5. The molecule has 2 bridgehead atoms. The summed E-state index contributed by atoms with van der Waals surface area (Å²) in [7, 11) is 0. The van der Waals surface area contributed by atoms with Gasteiger partial charge in [-0.3, -0.25) is 24.0 Å². The van der Waals surface area contributed by atoms with Gasteiger partial charge in [0.15, 0.2) is 11.8 Å². The molecule has 0 spiro atoms. The number of nitrogens with one attached hydrogen (secondary N) is 2. The van der Waals surface area contributed by atoms with Crippen LogP contribution in [-0.2, 0) is 54.2 Å². The van der Waals surface area contributed by atoms with Gasteiger partial charge in [0, 0.05) is 38.6 Å². The van der Waals surface area contributed by atoms with E-state index >= 15 is 0 Å².